The zero-order valence-electron chi connectivity index (χ0n) is 17.5. The van der Waals surface area contributed by atoms with Crippen molar-refractivity contribution in [1.82, 2.24) is 0 Å². The van der Waals surface area contributed by atoms with Gasteiger partial charge in [-0.2, -0.15) is 0 Å². The van der Waals surface area contributed by atoms with Gasteiger partial charge >= 0.3 is 0 Å². The summed E-state index contributed by atoms with van der Waals surface area (Å²) in [6.07, 6.45) is 12.8. The van der Waals surface area contributed by atoms with E-state index < -0.39 is 0 Å². The maximum atomic E-state index is 12.5. The van der Waals surface area contributed by atoms with E-state index in [1.807, 2.05) is 0 Å². The van der Waals surface area contributed by atoms with Gasteiger partial charge in [-0.1, -0.05) is 76.3 Å². The normalized spacial score (nSPS) is 10.8. The first-order valence-electron chi connectivity index (χ1n) is 10.9. The lowest BCUT2D eigenvalue weighted by atomic mass is 10.0. The Morgan fingerprint density at radius 2 is 1.45 bits per heavy atom. The molecular formula is C25H33ClO3. The molecule has 4 heteroatoms. The largest absolute Gasteiger partial charge is 0.507 e. The fourth-order valence-electron chi connectivity index (χ4n) is 3.33. The first kappa shape index (κ1) is 23.3. The number of ketones is 1. The van der Waals surface area contributed by atoms with Gasteiger partial charge in [-0.15, -0.1) is 0 Å². The van der Waals surface area contributed by atoms with Crippen LogP contribution in [0.4, 0.5) is 0 Å². The van der Waals surface area contributed by atoms with Gasteiger partial charge in [0.1, 0.15) is 11.5 Å². The Bertz CT molecular complexity index is 740. The van der Waals surface area contributed by atoms with Gasteiger partial charge < -0.3 is 9.84 Å². The van der Waals surface area contributed by atoms with E-state index in [0.717, 1.165) is 12.8 Å². The van der Waals surface area contributed by atoms with Crippen molar-refractivity contribution in [3.05, 3.63) is 58.6 Å². The molecule has 2 aromatic carbocycles. The monoisotopic (exact) mass is 416 g/mol. The van der Waals surface area contributed by atoms with Crippen LogP contribution < -0.4 is 4.74 Å². The van der Waals surface area contributed by atoms with Crippen molar-refractivity contribution in [3.63, 3.8) is 0 Å². The van der Waals surface area contributed by atoms with Crippen molar-refractivity contribution in [2.75, 3.05) is 6.61 Å². The lowest BCUT2D eigenvalue weighted by molar-refractivity contribution is 0.103. The zero-order valence-corrected chi connectivity index (χ0v) is 18.2. The SMILES string of the molecule is CCCCCCCCCCCCOc1ccc(C(=O)c2ccc(Cl)cc2)c(O)c1. The highest BCUT2D eigenvalue weighted by atomic mass is 35.5. The summed E-state index contributed by atoms with van der Waals surface area (Å²) in [6, 6.07) is 11.5. The van der Waals surface area contributed by atoms with E-state index in [4.69, 9.17) is 16.3 Å². The molecule has 1 N–H and O–H groups in total. The quantitative estimate of drug-likeness (QED) is 0.255. The Morgan fingerprint density at radius 3 is 2.03 bits per heavy atom. The van der Waals surface area contributed by atoms with Gasteiger partial charge in [0.05, 0.1) is 12.2 Å². The maximum Gasteiger partial charge on any atom is 0.196 e. The van der Waals surface area contributed by atoms with Crippen molar-refractivity contribution in [1.29, 1.82) is 0 Å². The Balaban J connectivity index is 1.66. The molecule has 0 bridgehead atoms. The summed E-state index contributed by atoms with van der Waals surface area (Å²) in [5.41, 5.74) is 0.752. The number of unbranched alkanes of at least 4 members (excludes halogenated alkanes) is 9. The Hall–Kier alpha value is -2.00. The molecule has 0 amide bonds. The van der Waals surface area contributed by atoms with Crippen LogP contribution in [-0.2, 0) is 0 Å². The van der Waals surface area contributed by atoms with Crippen LogP contribution in [0.15, 0.2) is 42.5 Å². The van der Waals surface area contributed by atoms with E-state index in [0.29, 0.717) is 22.9 Å². The van der Waals surface area contributed by atoms with Crippen molar-refractivity contribution >= 4 is 17.4 Å². The van der Waals surface area contributed by atoms with Crippen LogP contribution in [0, 0.1) is 0 Å². The lowest BCUT2D eigenvalue weighted by Crippen LogP contribution is -2.02. The molecule has 0 radical (unpaired) electrons. The van der Waals surface area contributed by atoms with Crippen molar-refractivity contribution in [3.8, 4) is 11.5 Å². The number of hydrogen-bond acceptors (Lipinski definition) is 3. The molecule has 0 fully saturated rings. The molecule has 0 aromatic heterocycles. The first-order valence-corrected chi connectivity index (χ1v) is 11.3. The number of hydrogen-bond donors (Lipinski definition) is 1. The van der Waals surface area contributed by atoms with Crippen molar-refractivity contribution < 1.29 is 14.6 Å². The predicted molar refractivity (Wildman–Crippen MR) is 120 cm³/mol. The topological polar surface area (TPSA) is 46.5 Å². The third kappa shape index (κ3) is 8.49. The number of rotatable bonds is 14. The summed E-state index contributed by atoms with van der Waals surface area (Å²) in [5, 5.41) is 10.8. The highest BCUT2D eigenvalue weighted by Crippen LogP contribution is 2.26. The second kappa shape index (κ2) is 13.3. The molecule has 0 saturated heterocycles. The molecule has 0 heterocycles. The van der Waals surface area contributed by atoms with E-state index in [1.54, 1.807) is 36.4 Å². The van der Waals surface area contributed by atoms with Crippen LogP contribution in [0.5, 0.6) is 11.5 Å². The molecule has 3 nitrogen and oxygen atoms in total. The number of phenols is 1. The molecule has 0 saturated carbocycles. The summed E-state index contributed by atoms with van der Waals surface area (Å²) >= 11 is 5.86. The minimum Gasteiger partial charge on any atom is -0.507 e. The molecule has 0 aliphatic heterocycles. The van der Waals surface area contributed by atoms with Crippen LogP contribution in [-0.4, -0.2) is 17.5 Å². The van der Waals surface area contributed by atoms with Crippen LogP contribution in [0.3, 0.4) is 0 Å². The third-order valence-corrected chi connectivity index (χ3v) is 5.34. The van der Waals surface area contributed by atoms with Crippen LogP contribution in [0.2, 0.25) is 5.02 Å². The van der Waals surface area contributed by atoms with E-state index >= 15 is 0 Å². The smallest absolute Gasteiger partial charge is 0.196 e. The molecule has 0 aliphatic carbocycles. The molecular weight excluding hydrogens is 384 g/mol. The first-order chi connectivity index (χ1) is 14.1. The molecule has 0 unspecified atom stereocenters. The number of carbonyl (C=O) groups is 1. The van der Waals surface area contributed by atoms with E-state index in [2.05, 4.69) is 6.92 Å². The maximum absolute atomic E-state index is 12.5. The Morgan fingerprint density at radius 1 is 0.862 bits per heavy atom. The van der Waals surface area contributed by atoms with E-state index in [1.165, 1.54) is 57.4 Å². The summed E-state index contributed by atoms with van der Waals surface area (Å²) in [5.74, 6) is 0.289. The number of ether oxygens (including phenoxy) is 1. The van der Waals surface area contributed by atoms with Gasteiger partial charge in [-0.05, 0) is 42.8 Å². The van der Waals surface area contributed by atoms with Crippen molar-refractivity contribution in [2.24, 2.45) is 0 Å². The zero-order chi connectivity index (χ0) is 20.9. The summed E-state index contributed by atoms with van der Waals surface area (Å²) in [6.45, 7) is 2.87. The fraction of sp³-hybridized carbons (Fsp3) is 0.480. The fourth-order valence-corrected chi connectivity index (χ4v) is 3.46. The number of carbonyl (C=O) groups excluding carboxylic acids is 1. The molecule has 0 atom stereocenters. The highest BCUT2D eigenvalue weighted by Gasteiger charge is 2.14. The van der Waals surface area contributed by atoms with E-state index in [-0.39, 0.29) is 17.1 Å². The number of aromatic hydroxyl groups is 1. The van der Waals surface area contributed by atoms with Gasteiger partial charge in [-0.25, -0.2) is 0 Å². The van der Waals surface area contributed by atoms with Gasteiger partial charge in [-0.3, -0.25) is 4.79 Å². The summed E-state index contributed by atoms with van der Waals surface area (Å²) < 4.78 is 5.73. The minimum atomic E-state index is -0.236. The third-order valence-electron chi connectivity index (χ3n) is 5.09. The molecule has 29 heavy (non-hydrogen) atoms. The molecule has 2 aromatic rings. The molecule has 2 rings (SSSR count). The minimum absolute atomic E-state index is 0.0643. The second-order valence-corrected chi connectivity index (χ2v) is 7.98. The van der Waals surface area contributed by atoms with Gasteiger partial charge in [0.2, 0.25) is 0 Å². The standard InChI is InChI=1S/C25H33ClO3/c1-2-3-4-5-6-7-8-9-10-11-18-29-22-16-17-23(24(27)19-22)25(28)20-12-14-21(26)15-13-20/h12-17,19,27H,2-11,18H2,1H3. The van der Waals surface area contributed by atoms with Crippen LogP contribution >= 0.6 is 11.6 Å². The average molecular weight is 417 g/mol. The highest BCUT2D eigenvalue weighted by molar-refractivity contribution is 6.30. The van der Waals surface area contributed by atoms with Gasteiger partial charge in [0.15, 0.2) is 5.78 Å². The van der Waals surface area contributed by atoms with Crippen LogP contribution in [0.25, 0.3) is 0 Å². The Kier molecular flexibility index (Phi) is 10.6. The average Bonchev–Trinajstić information content (AvgIpc) is 2.72. The number of benzene rings is 2. The molecule has 158 valence electrons. The summed E-state index contributed by atoms with van der Waals surface area (Å²) in [7, 11) is 0. The predicted octanol–water partition coefficient (Wildman–Crippen LogP) is 7.58. The molecule has 0 aliphatic rings. The molecule has 0 spiro atoms. The second-order valence-electron chi connectivity index (χ2n) is 7.55. The van der Waals surface area contributed by atoms with Gasteiger partial charge in [0, 0.05) is 16.7 Å². The van der Waals surface area contributed by atoms with E-state index in [9.17, 15) is 9.90 Å². The Labute approximate surface area is 180 Å². The number of halogens is 1. The summed E-state index contributed by atoms with van der Waals surface area (Å²) in [4.78, 5) is 12.5. The van der Waals surface area contributed by atoms with Crippen LogP contribution in [0.1, 0.15) is 87.1 Å². The number of phenolic OH excluding ortho intramolecular Hbond substituents is 1. The van der Waals surface area contributed by atoms with Crippen molar-refractivity contribution in [2.45, 2.75) is 71.1 Å². The lowest BCUT2D eigenvalue weighted by Gasteiger charge is -2.09. The van der Waals surface area contributed by atoms with Gasteiger partial charge in [0.25, 0.3) is 0 Å².